The van der Waals surface area contributed by atoms with Crippen LogP contribution < -0.4 is 11.1 Å². The van der Waals surface area contributed by atoms with Gasteiger partial charge in [0.2, 0.25) is 0 Å². The quantitative estimate of drug-likeness (QED) is 0.909. The van der Waals surface area contributed by atoms with E-state index in [0.717, 1.165) is 5.69 Å². The normalized spacial score (nSPS) is 12.1. The highest BCUT2D eigenvalue weighted by Crippen LogP contribution is 2.26. The first kappa shape index (κ1) is 11.8. The minimum absolute atomic E-state index is 0.0433. The Kier molecular flexibility index (Phi) is 3.53. The van der Waals surface area contributed by atoms with Gasteiger partial charge in [0.1, 0.15) is 22.4 Å². The van der Waals surface area contributed by atoms with Gasteiger partial charge in [-0.25, -0.2) is 9.97 Å². The van der Waals surface area contributed by atoms with E-state index in [1.165, 1.54) is 6.33 Å². The summed E-state index contributed by atoms with van der Waals surface area (Å²) in [4.78, 5) is 12.3. The molecule has 5 nitrogen and oxygen atoms in total. The molecule has 0 aliphatic heterocycles. The van der Waals surface area contributed by atoms with Crippen LogP contribution in [0, 0.1) is 0 Å². The minimum atomic E-state index is 0.0433. The van der Waals surface area contributed by atoms with E-state index in [4.69, 9.17) is 5.73 Å². The second-order valence-electron chi connectivity index (χ2n) is 3.54. The first-order valence-electron chi connectivity index (χ1n) is 5.12. The molecule has 0 bridgehead atoms. The Morgan fingerprint density at radius 2 is 2.12 bits per heavy atom. The molecule has 6 heteroatoms. The number of nitrogens with two attached hydrogens (primary N) is 1. The summed E-state index contributed by atoms with van der Waals surface area (Å²) >= 11 is 3.35. The van der Waals surface area contributed by atoms with Crippen LogP contribution in [-0.2, 0) is 0 Å². The van der Waals surface area contributed by atoms with Crippen molar-refractivity contribution in [3.8, 4) is 0 Å². The molecule has 0 fully saturated rings. The van der Waals surface area contributed by atoms with Gasteiger partial charge in [0.25, 0.3) is 0 Å². The third-order valence-electron chi connectivity index (χ3n) is 2.30. The molecular weight excluding hydrogens is 282 g/mol. The van der Waals surface area contributed by atoms with Crippen LogP contribution in [-0.4, -0.2) is 15.0 Å². The lowest BCUT2D eigenvalue weighted by molar-refractivity contribution is 0.829. The Bertz CT molecular complexity index is 502. The average Bonchev–Trinajstić information content (AvgIpc) is 2.36. The number of nitrogens with one attached hydrogen (secondary N) is 1. The predicted molar refractivity (Wildman–Crippen MR) is 70.4 cm³/mol. The molecular formula is C11H12BrN5. The molecule has 1 unspecified atom stereocenters. The number of halogens is 1. The molecule has 0 amide bonds. The van der Waals surface area contributed by atoms with Gasteiger partial charge in [-0.15, -0.1) is 0 Å². The highest BCUT2D eigenvalue weighted by Gasteiger charge is 2.11. The molecule has 0 spiro atoms. The van der Waals surface area contributed by atoms with Crippen molar-refractivity contribution < 1.29 is 0 Å². The zero-order valence-corrected chi connectivity index (χ0v) is 10.8. The number of hydrogen-bond donors (Lipinski definition) is 2. The number of anilines is 2. The second kappa shape index (κ2) is 5.09. The molecule has 88 valence electrons. The lowest BCUT2D eigenvalue weighted by atomic mass is 10.2. The molecule has 2 aromatic heterocycles. The van der Waals surface area contributed by atoms with Gasteiger partial charge in [0.15, 0.2) is 0 Å². The van der Waals surface area contributed by atoms with E-state index in [1.807, 2.05) is 25.1 Å². The van der Waals surface area contributed by atoms with Crippen molar-refractivity contribution in [2.75, 3.05) is 11.1 Å². The third-order valence-corrected chi connectivity index (χ3v) is 3.08. The molecule has 0 saturated carbocycles. The molecule has 0 aliphatic rings. The summed E-state index contributed by atoms with van der Waals surface area (Å²) in [6, 6.07) is 5.83. The molecule has 1 atom stereocenters. The zero-order chi connectivity index (χ0) is 12.3. The summed E-state index contributed by atoms with van der Waals surface area (Å²) in [6.45, 7) is 2.01. The highest BCUT2D eigenvalue weighted by molar-refractivity contribution is 9.10. The van der Waals surface area contributed by atoms with E-state index in [1.54, 1.807) is 6.20 Å². The van der Waals surface area contributed by atoms with Crippen LogP contribution >= 0.6 is 15.9 Å². The van der Waals surface area contributed by atoms with E-state index >= 15 is 0 Å². The third kappa shape index (κ3) is 2.71. The first-order chi connectivity index (χ1) is 8.18. The van der Waals surface area contributed by atoms with Gasteiger partial charge >= 0.3 is 0 Å². The molecule has 0 aromatic carbocycles. The summed E-state index contributed by atoms with van der Waals surface area (Å²) < 4.78 is 0.669. The Labute approximate surface area is 108 Å². The summed E-state index contributed by atoms with van der Waals surface area (Å²) in [5, 5.41) is 3.23. The summed E-state index contributed by atoms with van der Waals surface area (Å²) in [5.41, 5.74) is 6.62. The summed E-state index contributed by atoms with van der Waals surface area (Å²) in [6.07, 6.45) is 3.18. The fourth-order valence-electron chi connectivity index (χ4n) is 1.40. The van der Waals surface area contributed by atoms with Crippen molar-refractivity contribution in [1.82, 2.24) is 15.0 Å². The lowest BCUT2D eigenvalue weighted by Gasteiger charge is -2.15. The Balaban J connectivity index is 2.19. The summed E-state index contributed by atoms with van der Waals surface area (Å²) in [7, 11) is 0. The minimum Gasteiger partial charge on any atom is -0.383 e. The molecule has 2 aromatic rings. The highest BCUT2D eigenvalue weighted by atomic mass is 79.9. The molecule has 0 saturated heterocycles. The smallest absolute Gasteiger partial charge is 0.146 e. The number of aromatic nitrogens is 3. The molecule has 0 radical (unpaired) electrons. The maximum Gasteiger partial charge on any atom is 0.146 e. The van der Waals surface area contributed by atoms with Crippen molar-refractivity contribution >= 4 is 27.6 Å². The fourth-order valence-corrected chi connectivity index (χ4v) is 1.71. The van der Waals surface area contributed by atoms with Crippen molar-refractivity contribution in [2.45, 2.75) is 13.0 Å². The van der Waals surface area contributed by atoms with E-state index in [2.05, 4.69) is 36.2 Å². The Hall–Kier alpha value is -1.69. The monoisotopic (exact) mass is 293 g/mol. The van der Waals surface area contributed by atoms with Gasteiger partial charge in [-0.05, 0) is 35.0 Å². The predicted octanol–water partition coefficient (Wildman–Crippen LogP) is 2.39. The van der Waals surface area contributed by atoms with Gasteiger partial charge < -0.3 is 11.1 Å². The average molecular weight is 294 g/mol. The van der Waals surface area contributed by atoms with Crippen LogP contribution in [0.5, 0.6) is 0 Å². The molecule has 0 aliphatic carbocycles. The SMILES string of the molecule is CC(Nc1ncnc(N)c1Br)c1ccccn1. The Morgan fingerprint density at radius 3 is 2.82 bits per heavy atom. The second-order valence-corrected chi connectivity index (χ2v) is 4.34. The van der Waals surface area contributed by atoms with Crippen LogP contribution in [0.1, 0.15) is 18.7 Å². The van der Waals surface area contributed by atoms with Crippen LogP contribution in [0.25, 0.3) is 0 Å². The van der Waals surface area contributed by atoms with E-state index < -0.39 is 0 Å². The largest absolute Gasteiger partial charge is 0.383 e. The maximum absolute atomic E-state index is 5.68. The fraction of sp³-hybridized carbons (Fsp3) is 0.182. The van der Waals surface area contributed by atoms with Crippen molar-refractivity contribution in [3.63, 3.8) is 0 Å². The molecule has 2 rings (SSSR count). The lowest BCUT2D eigenvalue weighted by Crippen LogP contribution is -2.10. The van der Waals surface area contributed by atoms with Crippen molar-refractivity contribution in [1.29, 1.82) is 0 Å². The van der Waals surface area contributed by atoms with Crippen molar-refractivity contribution in [2.24, 2.45) is 0 Å². The first-order valence-corrected chi connectivity index (χ1v) is 5.91. The van der Waals surface area contributed by atoms with Gasteiger partial charge in [-0.2, -0.15) is 0 Å². The van der Waals surface area contributed by atoms with Crippen LogP contribution in [0.3, 0.4) is 0 Å². The number of hydrogen-bond acceptors (Lipinski definition) is 5. The van der Waals surface area contributed by atoms with E-state index in [9.17, 15) is 0 Å². The number of rotatable bonds is 3. The number of pyridine rings is 1. The molecule has 17 heavy (non-hydrogen) atoms. The number of nitrogen functional groups attached to an aromatic ring is 1. The van der Waals surface area contributed by atoms with Gasteiger partial charge in [-0.3, -0.25) is 4.98 Å². The van der Waals surface area contributed by atoms with Crippen molar-refractivity contribution in [3.05, 3.63) is 40.9 Å². The van der Waals surface area contributed by atoms with Crippen LogP contribution in [0.4, 0.5) is 11.6 Å². The molecule has 2 heterocycles. The zero-order valence-electron chi connectivity index (χ0n) is 9.26. The molecule has 3 N–H and O–H groups in total. The summed E-state index contributed by atoms with van der Waals surface area (Å²) in [5.74, 6) is 1.08. The van der Waals surface area contributed by atoms with Gasteiger partial charge in [0, 0.05) is 6.20 Å². The topological polar surface area (TPSA) is 76.7 Å². The van der Waals surface area contributed by atoms with Gasteiger partial charge in [0.05, 0.1) is 11.7 Å². The number of nitrogens with zero attached hydrogens (tertiary/aromatic N) is 3. The van der Waals surface area contributed by atoms with E-state index in [-0.39, 0.29) is 6.04 Å². The van der Waals surface area contributed by atoms with E-state index in [0.29, 0.717) is 16.1 Å². The van der Waals surface area contributed by atoms with Crippen LogP contribution in [0.15, 0.2) is 35.2 Å². The standard InChI is InChI=1S/C11H12BrN5/c1-7(8-4-2-3-5-14-8)17-11-9(12)10(13)15-6-16-11/h2-7H,1H3,(H3,13,15,16,17). The van der Waals surface area contributed by atoms with Gasteiger partial charge in [-0.1, -0.05) is 6.07 Å². The maximum atomic E-state index is 5.68. The van der Waals surface area contributed by atoms with Crippen LogP contribution in [0.2, 0.25) is 0 Å². The Morgan fingerprint density at radius 1 is 1.29 bits per heavy atom.